The summed E-state index contributed by atoms with van der Waals surface area (Å²) in [6.45, 7) is 11.1. The maximum Gasteiger partial charge on any atom is 0.213 e. The fourth-order valence-electron chi connectivity index (χ4n) is 4.89. The average molecular weight is 502 g/mol. The van der Waals surface area contributed by atoms with Crippen molar-refractivity contribution < 1.29 is 24.2 Å². The molecule has 0 aromatic carbocycles. The fourth-order valence-corrected chi connectivity index (χ4v) is 4.89. The molecule has 4 rings (SSSR count). The lowest BCUT2D eigenvalue weighted by molar-refractivity contribution is -0.124. The lowest BCUT2D eigenvalue weighted by Gasteiger charge is -2.34. The topological polar surface area (TPSA) is 107 Å². The molecule has 0 radical (unpaired) electrons. The molecule has 10 heteroatoms. The zero-order valence-electron chi connectivity index (χ0n) is 21.1. The number of carbonyl (C=O) groups is 2. The molecule has 10 nitrogen and oxygen atoms in total. The molecule has 0 unspecified atom stereocenters. The van der Waals surface area contributed by atoms with Crippen molar-refractivity contribution in [3.63, 3.8) is 0 Å². The van der Waals surface area contributed by atoms with Crippen LogP contribution in [0.1, 0.15) is 24.3 Å². The Morgan fingerprint density at radius 2 is 1.64 bits per heavy atom. The molecule has 3 aliphatic rings. The van der Waals surface area contributed by atoms with E-state index in [2.05, 4.69) is 25.0 Å². The van der Waals surface area contributed by atoms with Crippen LogP contribution in [-0.4, -0.2) is 128 Å². The fraction of sp³-hybridized carbons (Fsp3) is 0.654. The average Bonchev–Trinajstić information content (AvgIpc) is 2.90. The largest absolute Gasteiger partial charge is 0.476 e. The highest BCUT2D eigenvalue weighted by atomic mass is 16.5. The Morgan fingerprint density at radius 1 is 0.972 bits per heavy atom. The number of aromatic nitrogens is 1. The molecule has 2 N–H and O–H groups in total. The van der Waals surface area contributed by atoms with Gasteiger partial charge in [-0.2, -0.15) is 0 Å². The summed E-state index contributed by atoms with van der Waals surface area (Å²) in [5, 5.41) is 12.2. The molecule has 1 aliphatic carbocycles. The van der Waals surface area contributed by atoms with Crippen molar-refractivity contribution in [2.45, 2.75) is 18.8 Å². The number of nitrogens with one attached hydrogen (secondary N) is 1. The minimum absolute atomic E-state index is 0.118. The first-order valence-electron chi connectivity index (χ1n) is 13.1. The highest BCUT2D eigenvalue weighted by Crippen LogP contribution is 2.31. The van der Waals surface area contributed by atoms with E-state index < -0.39 is 0 Å². The smallest absolute Gasteiger partial charge is 0.213 e. The van der Waals surface area contributed by atoms with E-state index in [0.717, 1.165) is 77.7 Å². The van der Waals surface area contributed by atoms with E-state index >= 15 is 0 Å². The first-order valence-corrected chi connectivity index (χ1v) is 13.1. The predicted molar refractivity (Wildman–Crippen MR) is 135 cm³/mol. The maximum atomic E-state index is 12.7. The van der Waals surface area contributed by atoms with Crippen LogP contribution in [0.4, 0.5) is 0 Å². The van der Waals surface area contributed by atoms with E-state index in [0.29, 0.717) is 31.9 Å². The molecule has 0 spiro atoms. The van der Waals surface area contributed by atoms with Crippen molar-refractivity contribution in [2.75, 3.05) is 91.9 Å². The number of rotatable bonds is 11. The summed E-state index contributed by atoms with van der Waals surface area (Å²) in [6.07, 6.45) is 3.95. The summed E-state index contributed by atoms with van der Waals surface area (Å²) in [6, 6.07) is 3.73. The SMILES string of the molecule is O=C1CC(c2ccc(OCCN3CCOCC3)nc2)CC(=O)C1=CNCCN1CCN(CCO)CC1. The molecular weight excluding hydrogens is 462 g/mol. The molecule has 1 aromatic heterocycles. The zero-order valence-corrected chi connectivity index (χ0v) is 21.1. The van der Waals surface area contributed by atoms with Gasteiger partial charge >= 0.3 is 0 Å². The van der Waals surface area contributed by atoms with Crippen molar-refractivity contribution in [3.8, 4) is 5.88 Å². The number of hydrogen-bond acceptors (Lipinski definition) is 10. The van der Waals surface area contributed by atoms with Gasteiger partial charge in [0, 0.05) is 96.8 Å². The summed E-state index contributed by atoms with van der Waals surface area (Å²) >= 11 is 0. The predicted octanol–water partition coefficient (Wildman–Crippen LogP) is -0.108. The first-order chi connectivity index (χ1) is 17.6. The number of morpholine rings is 1. The standard InChI is InChI=1S/C26H39N5O5/c32-13-9-30-7-5-29(6-8-30)4-3-27-20-23-24(33)17-22(18-25(23)34)21-1-2-26(28-19-21)36-16-12-31-10-14-35-15-11-31/h1-2,19-20,22,27,32H,3-18H2. The van der Waals surface area contributed by atoms with E-state index in [4.69, 9.17) is 14.6 Å². The number of hydrogen-bond donors (Lipinski definition) is 2. The number of pyridine rings is 1. The van der Waals surface area contributed by atoms with Crippen LogP contribution in [0.25, 0.3) is 0 Å². The van der Waals surface area contributed by atoms with Crippen LogP contribution in [0.15, 0.2) is 30.1 Å². The van der Waals surface area contributed by atoms with E-state index in [1.54, 1.807) is 12.4 Å². The number of β-amino-alcohol motifs (C(OH)–C–C–N with tert-alkyl or cyclic N) is 1. The Kier molecular flexibility index (Phi) is 10.2. The Balaban J connectivity index is 1.18. The minimum atomic E-state index is -0.146. The van der Waals surface area contributed by atoms with Crippen LogP contribution in [0, 0.1) is 0 Å². The monoisotopic (exact) mass is 501 g/mol. The van der Waals surface area contributed by atoms with E-state index in [1.165, 1.54) is 0 Å². The molecule has 0 atom stereocenters. The van der Waals surface area contributed by atoms with Gasteiger partial charge in [-0.3, -0.25) is 24.3 Å². The van der Waals surface area contributed by atoms with Gasteiger partial charge in [0.1, 0.15) is 6.61 Å². The van der Waals surface area contributed by atoms with Crippen LogP contribution in [0.3, 0.4) is 0 Å². The number of piperazine rings is 1. The lowest BCUT2D eigenvalue weighted by Crippen LogP contribution is -2.48. The second-order valence-corrected chi connectivity index (χ2v) is 9.60. The van der Waals surface area contributed by atoms with Crippen LogP contribution in [0.5, 0.6) is 5.88 Å². The molecular formula is C26H39N5O5. The lowest BCUT2D eigenvalue weighted by atomic mass is 9.81. The van der Waals surface area contributed by atoms with Gasteiger partial charge in [-0.1, -0.05) is 6.07 Å². The van der Waals surface area contributed by atoms with E-state index in [1.807, 2.05) is 12.1 Å². The molecule has 36 heavy (non-hydrogen) atoms. The third kappa shape index (κ3) is 7.81. The van der Waals surface area contributed by atoms with Crippen LogP contribution >= 0.6 is 0 Å². The number of aliphatic hydroxyl groups excluding tert-OH is 1. The Labute approximate surface area is 213 Å². The van der Waals surface area contributed by atoms with Crippen LogP contribution in [0.2, 0.25) is 0 Å². The highest BCUT2D eigenvalue weighted by molar-refractivity contribution is 6.22. The Bertz CT molecular complexity index is 859. The molecule has 0 amide bonds. The van der Waals surface area contributed by atoms with Crippen LogP contribution in [-0.2, 0) is 14.3 Å². The van der Waals surface area contributed by atoms with Crippen molar-refractivity contribution in [2.24, 2.45) is 0 Å². The van der Waals surface area contributed by atoms with E-state index in [9.17, 15) is 9.59 Å². The number of nitrogens with zero attached hydrogens (tertiary/aromatic N) is 4. The summed E-state index contributed by atoms with van der Waals surface area (Å²) in [5.74, 6) is 0.173. The quantitative estimate of drug-likeness (QED) is 0.242. The molecule has 2 aliphatic heterocycles. The van der Waals surface area contributed by atoms with E-state index in [-0.39, 0.29) is 29.7 Å². The molecule has 3 heterocycles. The summed E-state index contributed by atoms with van der Waals surface area (Å²) in [7, 11) is 0. The minimum Gasteiger partial charge on any atom is -0.476 e. The van der Waals surface area contributed by atoms with Gasteiger partial charge < -0.3 is 19.9 Å². The van der Waals surface area contributed by atoms with Gasteiger partial charge in [-0.05, 0) is 11.5 Å². The number of allylic oxidation sites excluding steroid dienone is 1. The summed E-state index contributed by atoms with van der Waals surface area (Å²) in [4.78, 5) is 36.7. The second kappa shape index (κ2) is 13.8. The number of aliphatic hydroxyl groups is 1. The second-order valence-electron chi connectivity index (χ2n) is 9.60. The van der Waals surface area contributed by atoms with Crippen molar-refractivity contribution in [1.82, 2.24) is 25.0 Å². The Morgan fingerprint density at radius 3 is 2.28 bits per heavy atom. The molecule has 3 fully saturated rings. The Hall–Kier alpha value is -2.37. The third-order valence-corrected chi connectivity index (χ3v) is 7.16. The van der Waals surface area contributed by atoms with Crippen molar-refractivity contribution in [3.05, 3.63) is 35.7 Å². The molecule has 2 saturated heterocycles. The number of ether oxygens (including phenoxy) is 2. The van der Waals surface area contributed by atoms with Gasteiger partial charge in [0.2, 0.25) is 5.88 Å². The summed E-state index contributed by atoms with van der Waals surface area (Å²) < 4.78 is 11.1. The molecule has 0 bridgehead atoms. The van der Waals surface area contributed by atoms with Gasteiger partial charge in [-0.25, -0.2) is 4.98 Å². The van der Waals surface area contributed by atoms with Gasteiger partial charge in [0.25, 0.3) is 0 Å². The van der Waals surface area contributed by atoms with Crippen LogP contribution < -0.4 is 10.1 Å². The molecule has 1 saturated carbocycles. The third-order valence-electron chi connectivity index (χ3n) is 7.16. The zero-order chi connectivity index (χ0) is 25.2. The number of ketones is 2. The number of carbonyl (C=O) groups excluding carboxylic acids is 2. The van der Waals surface area contributed by atoms with Gasteiger partial charge in [0.05, 0.1) is 25.4 Å². The van der Waals surface area contributed by atoms with Crippen molar-refractivity contribution in [1.29, 1.82) is 0 Å². The maximum absolute atomic E-state index is 12.7. The van der Waals surface area contributed by atoms with Crippen molar-refractivity contribution >= 4 is 11.6 Å². The number of Topliss-reactive ketones (excluding diaryl/α,β-unsaturated/α-hetero) is 2. The van der Waals surface area contributed by atoms with Gasteiger partial charge in [-0.15, -0.1) is 0 Å². The normalized spacial score (nSPS) is 22.6. The molecule has 198 valence electrons. The summed E-state index contributed by atoms with van der Waals surface area (Å²) in [5.41, 5.74) is 1.17. The van der Waals surface area contributed by atoms with Gasteiger partial charge in [0.15, 0.2) is 11.6 Å². The molecule has 1 aromatic rings. The highest BCUT2D eigenvalue weighted by Gasteiger charge is 2.31. The first kappa shape index (κ1) is 26.7.